The number of azide groups is 1. The lowest BCUT2D eigenvalue weighted by molar-refractivity contribution is -0.0117. The first-order chi connectivity index (χ1) is 6.27. The van der Waals surface area contributed by atoms with Gasteiger partial charge in [0.25, 0.3) is 0 Å². The molecule has 1 heterocycles. The van der Waals surface area contributed by atoms with Crippen molar-refractivity contribution in [2.24, 2.45) is 5.11 Å². The van der Waals surface area contributed by atoms with Crippen molar-refractivity contribution in [1.29, 1.82) is 0 Å². The van der Waals surface area contributed by atoms with Crippen molar-refractivity contribution in [2.75, 3.05) is 6.73 Å². The van der Waals surface area contributed by atoms with E-state index in [1.165, 1.54) is 0 Å². The van der Waals surface area contributed by atoms with E-state index in [1.807, 2.05) is 7.85 Å². The molecule has 3 unspecified atom stereocenters. The fourth-order valence-electron chi connectivity index (χ4n) is 1.61. The van der Waals surface area contributed by atoms with E-state index in [4.69, 9.17) is 15.0 Å². The molecule has 3 atom stereocenters. The first kappa shape index (κ1) is 10.4. The van der Waals surface area contributed by atoms with Crippen LogP contribution in [0.25, 0.3) is 10.4 Å². The van der Waals surface area contributed by atoms with Crippen LogP contribution in [0.5, 0.6) is 0 Å². The Morgan fingerprint density at radius 3 is 3.15 bits per heavy atom. The van der Waals surface area contributed by atoms with Crippen LogP contribution in [0.2, 0.25) is 0 Å². The zero-order valence-corrected chi connectivity index (χ0v) is 8.01. The summed E-state index contributed by atoms with van der Waals surface area (Å²) >= 11 is 0. The minimum atomic E-state index is 0.0884. The molecular weight excluding hydrogens is 169 g/mol. The lowest BCUT2D eigenvalue weighted by atomic mass is 9.96. The number of rotatable bonds is 4. The molecule has 13 heavy (non-hydrogen) atoms. The third kappa shape index (κ3) is 2.92. The number of ether oxygens (including phenoxy) is 2. The van der Waals surface area contributed by atoms with Crippen LogP contribution in [-0.2, 0) is 9.47 Å². The van der Waals surface area contributed by atoms with E-state index < -0.39 is 0 Å². The highest BCUT2D eigenvalue weighted by Gasteiger charge is 2.31. The maximum Gasteiger partial charge on any atom is 0.139 e. The lowest BCUT2D eigenvalue weighted by Crippen LogP contribution is -2.23. The molecule has 0 radical (unpaired) electrons. The molecule has 1 aliphatic heterocycles. The normalized spacial score (nSPS) is 32.8. The average Bonchev–Trinajstić information content (AvgIpc) is 2.47. The van der Waals surface area contributed by atoms with E-state index in [1.54, 1.807) is 0 Å². The quantitative estimate of drug-likeness (QED) is 0.280. The fourth-order valence-corrected chi connectivity index (χ4v) is 1.61. The van der Waals surface area contributed by atoms with Gasteiger partial charge in [0.2, 0.25) is 0 Å². The molecule has 1 rings (SSSR count). The van der Waals surface area contributed by atoms with E-state index in [0.717, 1.165) is 12.8 Å². The molecule has 0 saturated carbocycles. The van der Waals surface area contributed by atoms with E-state index in [0.29, 0.717) is 0 Å². The van der Waals surface area contributed by atoms with Crippen molar-refractivity contribution in [3.63, 3.8) is 0 Å². The molecule has 0 amide bonds. The number of hydrogen-bond donors (Lipinski definition) is 0. The van der Waals surface area contributed by atoms with Gasteiger partial charge in [-0.25, -0.2) is 0 Å². The van der Waals surface area contributed by atoms with Crippen molar-refractivity contribution in [2.45, 2.75) is 38.0 Å². The summed E-state index contributed by atoms with van der Waals surface area (Å²) in [5.74, 6) is 0. The maximum atomic E-state index is 8.06. The summed E-state index contributed by atoms with van der Waals surface area (Å²) in [4.78, 5) is 2.63. The number of nitrogens with zero attached hydrogens (tertiary/aromatic N) is 3. The molecule has 0 aromatic heterocycles. The zero-order chi connectivity index (χ0) is 9.68. The molecule has 5 nitrogen and oxygen atoms in total. The predicted octanol–water partition coefficient (Wildman–Crippen LogP) is 0.797. The van der Waals surface area contributed by atoms with Gasteiger partial charge in [-0.15, -0.1) is 0 Å². The summed E-state index contributed by atoms with van der Waals surface area (Å²) in [6.07, 6.45) is 2.07. The van der Waals surface area contributed by atoms with Crippen molar-refractivity contribution < 1.29 is 9.47 Å². The van der Waals surface area contributed by atoms with E-state index >= 15 is 0 Å². The SMILES string of the molecule is BC1CC(OCN=[N+]=[N-])C(CC)O1. The molecule has 0 N–H and O–H groups in total. The minimum Gasteiger partial charge on any atom is -0.381 e. The Balaban J connectivity index is 2.34. The van der Waals surface area contributed by atoms with Crippen LogP contribution < -0.4 is 0 Å². The maximum absolute atomic E-state index is 8.06. The third-order valence-corrected chi connectivity index (χ3v) is 2.20. The van der Waals surface area contributed by atoms with E-state index in [2.05, 4.69) is 16.9 Å². The molecule has 0 spiro atoms. The summed E-state index contributed by atoms with van der Waals surface area (Å²) in [5, 5.41) is 3.33. The summed E-state index contributed by atoms with van der Waals surface area (Å²) < 4.78 is 11.0. The average molecular weight is 183 g/mol. The van der Waals surface area contributed by atoms with Gasteiger partial charge in [0, 0.05) is 10.9 Å². The first-order valence-corrected chi connectivity index (χ1v) is 4.55. The van der Waals surface area contributed by atoms with Gasteiger partial charge in [-0.1, -0.05) is 12.0 Å². The fraction of sp³-hybridized carbons (Fsp3) is 1.00. The zero-order valence-electron chi connectivity index (χ0n) is 8.01. The Kier molecular flexibility index (Phi) is 4.08. The predicted molar refractivity (Wildman–Crippen MR) is 51.0 cm³/mol. The summed E-state index contributed by atoms with van der Waals surface area (Å²) in [6.45, 7) is 2.17. The standard InChI is InChI=1S/C7H14BN3O2/c1-2-5-6(3-7(8)13-5)12-4-10-11-9/h5-7H,2-4,8H2,1H3. The first-order valence-electron chi connectivity index (χ1n) is 4.55. The van der Waals surface area contributed by atoms with Crippen LogP contribution in [0.15, 0.2) is 5.11 Å². The van der Waals surface area contributed by atoms with Gasteiger partial charge in [0.1, 0.15) is 14.6 Å². The highest BCUT2D eigenvalue weighted by atomic mass is 16.6. The van der Waals surface area contributed by atoms with Crippen molar-refractivity contribution >= 4 is 7.85 Å². The van der Waals surface area contributed by atoms with Crippen molar-refractivity contribution in [1.82, 2.24) is 0 Å². The van der Waals surface area contributed by atoms with Crippen LogP contribution in [-0.4, -0.2) is 32.8 Å². The van der Waals surface area contributed by atoms with Gasteiger partial charge in [-0.3, -0.25) is 0 Å². The Morgan fingerprint density at radius 2 is 2.54 bits per heavy atom. The van der Waals surface area contributed by atoms with Gasteiger partial charge in [0.15, 0.2) is 0 Å². The van der Waals surface area contributed by atoms with Crippen molar-refractivity contribution in [3.8, 4) is 0 Å². The minimum absolute atomic E-state index is 0.0884. The van der Waals surface area contributed by atoms with Gasteiger partial charge in [0.05, 0.1) is 12.2 Å². The molecule has 1 aliphatic rings. The van der Waals surface area contributed by atoms with E-state index in [-0.39, 0.29) is 24.9 Å². The highest BCUT2D eigenvalue weighted by Crippen LogP contribution is 2.23. The van der Waals surface area contributed by atoms with Gasteiger partial charge >= 0.3 is 0 Å². The molecule has 6 heteroatoms. The molecule has 1 saturated heterocycles. The highest BCUT2D eigenvalue weighted by molar-refractivity contribution is 6.11. The van der Waals surface area contributed by atoms with Gasteiger partial charge in [-0.2, -0.15) is 0 Å². The summed E-state index contributed by atoms with van der Waals surface area (Å²) in [7, 11) is 2.03. The van der Waals surface area contributed by atoms with Crippen LogP contribution >= 0.6 is 0 Å². The molecular formula is C7H14BN3O2. The van der Waals surface area contributed by atoms with Crippen LogP contribution in [0.3, 0.4) is 0 Å². The molecule has 1 fully saturated rings. The van der Waals surface area contributed by atoms with Gasteiger partial charge in [-0.05, 0) is 18.4 Å². The Morgan fingerprint density at radius 1 is 1.77 bits per heavy atom. The smallest absolute Gasteiger partial charge is 0.139 e. The monoisotopic (exact) mass is 183 g/mol. The summed E-state index contributed by atoms with van der Waals surface area (Å²) in [5.41, 5.74) is 8.06. The second-order valence-electron chi connectivity index (χ2n) is 3.19. The van der Waals surface area contributed by atoms with Gasteiger partial charge < -0.3 is 9.47 Å². The molecule has 0 aliphatic carbocycles. The molecule has 0 bridgehead atoms. The molecule has 72 valence electrons. The third-order valence-electron chi connectivity index (χ3n) is 2.20. The second-order valence-corrected chi connectivity index (χ2v) is 3.19. The van der Waals surface area contributed by atoms with Crippen LogP contribution in [0.4, 0.5) is 0 Å². The summed E-state index contributed by atoms with van der Waals surface area (Å²) in [6, 6.07) is 0.251. The largest absolute Gasteiger partial charge is 0.381 e. The molecule has 0 aromatic carbocycles. The lowest BCUT2D eigenvalue weighted by Gasteiger charge is -2.15. The Bertz CT molecular complexity index is 208. The second kappa shape index (κ2) is 5.12. The molecule has 0 aromatic rings. The Labute approximate surface area is 78.4 Å². The number of hydrogen-bond acceptors (Lipinski definition) is 3. The van der Waals surface area contributed by atoms with Crippen LogP contribution in [0.1, 0.15) is 19.8 Å². The Hall–Kier alpha value is -0.705. The van der Waals surface area contributed by atoms with Crippen LogP contribution in [0, 0.1) is 0 Å². The van der Waals surface area contributed by atoms with Crippen molar-refractivity contribution in [3.05, 3.63) is 10.4 Å². The topological polar surface area (TPSA) is 67.2 Å². The van der Waals surface area contributed by atoms with E-state index in [9.17, 15) is 0 Å².